The van der Waals surface area contributed by atoms with Crippen LogP contribution in [-0.4, -0.2) is 29.5 Å². The minimum atomic E-state index is -1.17. The van der Waals surface area contributed by atoms with Crippen molar-refractivity contribution in [2.75, 3.05) is 12.5 Å². The van der Waals surface area contributed by atoms with Crippen molar-refractivity contribution >= 4 is 46.7 Å². The van der Waals surface area contributed by atoms with Gasteiger partial charge in [-0.1, -0.05) is 35.3 Å². The maximum atomic E-state index is 12.6. The number of aliphatic carboxylic acids is 1. The van der Waals surface area contributed by atoms with Gasteiger partial charge in [-0.3, -0.25) is 0 Å². The average molecular weight is 405 g/mol. The summed E-state index contributed by atoms with van der Waals surface area (Å²) in [5.41, 5.74) is 1.50. The Morgan fingerprint density at radius 2 is 1.84 bits per heavy atom. The molecule has 134 valence electrons. The monoisotopic (exact) mass is 403 g/mol. The van der Waals surface area contributed by atoms with E-state index >= 15 is 0 Å². The highest BCUT2D eigenvalue weighted by Gasteiger charge is 2.38. The molecule has 2 rings (SSSR count). The molecule has 0 bridgehead atoms. The lowest BCUT2D eigenvalue weighted by atomic mass is 9.80. The molecule has 25 heavy (non-hydrogen) atoms. The summed E-state index contributed by atoms with van der Waals surface area (Å²) in [7, 11) is 0. The topological polar surface area (TPSA) is 75.6 Å². The Bertz CT molecular complexity index is 786. The smallest absolute Gasteiger partial charge is 0.336 e. The molecule has 0 spiro atoms. The van der Waals surface area contributed by atoms with Gasteiger partial charge in [0.1, 0.15) is 6.61 Å². The largest absolute Gasteiger partial charge is 0.478 e. The van der Waals surface area contributed by atoms with Crippen LogP contribution in [0, 0.1) is 0 Å². The number of esters is 1. The number of hydrogen-bond donors (Lipinski definition) is 2. The van der Waals surface area contributed by atoms with Gasteiger partial charge in [0, 0.05) is 11.4 Å². The molecule has 1 aliphatic rings. The lowest BCUT2D eigenvalue weighted by Crippen LogP contribution is -2.32. The molecule has 8 heteroatoms. The van der Waals surface area contributed by atoms with Gasteiger partial charge in [0.15, 0.2) is 0 Å². The average Bonchev–Trinajstić information content (AvgIpc) is 2.54. The summed E-state index contributed by atoms with van der Waals surface area (Å²) in [5.74, 6) is -2.60. The zero-order chi connectivity index (χ0) is 18.7. The summed E-state index contributed by atoms with van der Waals surface area (Å²) in [6, 6.07) is 4.88. The number of carbonyl (C=O) groups is 2. The number of halogens is 3. The fraction of sp³-hybridized carbons (Fsp3) is 0.294. The van der Waals surface area contributed by atoms with Crippen LogP contribution >= 0.6 is 34.8 Å². The minimum absolute atomic E-state index is 0.00703. The second kappa shape index (κ2) is 8.13. The van der Waals surface area contributed by atoms with Crippen LogP contribution in [0.15, 0.2) is 40.7 Å². The number of allylic oxidation sites excluding steroid dienone is 2. The molecule has 1 unspecified atom stereocenters. The fourth-order valence-electron chi connectivity index (χ4n) is 2.81. The fourth-order valence-corrected chi connectivity index (χ4v) is 3.31. The molecule has 0 saturated carbocycles. The summed E-state index contributed by atoms with van der Waals surface area (Å²) in [6.07, 6.45) is 0. The number of carbonyl (C=O) groups excluding carboxylic acids is 1. The number of rotatable bonds is 5. The van der Waals surface area contributed by atoms with E-state index in [9.17, 15) is 14.7 Å². The molecule has 1 heterocycles. The van der Waals surface area contributed by atoms with E-state index in [1.165, 1.54) is 0 Å². The second-order valence-electron chi connectivity index (χ2n) is 5.41. The molecule has 0 aromatic heterocycles. The third-order valence-corrected chi connectivity index (χ3v) is 4.80. The van der Waals surface area contributed by atoms with Crippen LogP contribution in [-0.2, 0) is 14.3 Å². The molecule has 1 aliphatic heterocycles. The van der Waals surface area contributed by atoms with Gasteiger partial charge < -0.3 is 15.2 Å². The minimum Gasteiger partial charge on any atom is -0.478 e. The Labute approximate surface area is 160 Å². The van der Waals surface area contributed by atoms with Crippen molar-refractivity contribution in [2.24, 2.45) is 0 Å². The SMILES string of the molecule is CC1=C(C(=O)O)C(c2cccc(Cl)c2Cl)C(C(=O)OCCCl)=C(C)N1. The Morgan fingerprint density at radius 3 is 2.44 bits per heavy atom. The second-order valence-corrected chi connectivity index (χ2v) is 6.57. The Kier molecular flexibility index (Phi) is 6.38. The zero-order valence-corrected chi connectivity index (χ0v) is 15.8. The van der Waals surface area contributed by atoms with E-state index in [-0.39, 0.29) is 33.7 Å². The van der Waals surface area contributed by atoms with E-state index in [2.05, 4.69) is 5.32 Å². The van der Waals surface area contributed by atoms with Crippen molar-refractivity contribution in [3.05, 3.63) is 56.3 Å². The predicted octanol–water partition coefficient (Wildman–Crippen LogP) is 4.09. The van der Waals surface area contributed by atoms with E-state index in [0.29, 0.717) is 17.0 Å². The van der Waals surface area contributed by atoms with Crippen molar-refractivity contribution in [3.63, 3.8) is 0 Å². The molecule has 1 aromatic carbocycles. The lowest BCUT2D eigenvalue weighted by Gasteiger charge is -2.30. The summed E-state index contributed by atoms with van der Waals surface area (Å²) < 4.78 is 5.13. The van der Waals surface area contributed by atoms with Crippen LogP contribution in [0.4, 0.5) is 0 Å². The van der Waals surface area contributed by atoms with Gasteiger partial charge >= 0.3 is 11.9 Å². The molecule has 0 fully saturated rings. The maximum absolute atomic E-state index is 12.6. The number of nitrogens with one attached hydrogen (secondary N) is 1. The van der Waals surface area contributed by atoms with Crippen molar-refractivity contribution in [2.45, 2.75) is 19.8 Å². The molecule has 0 radical (unpaired) electrons. The van der Waals surface area contributed by atoms with Crippen molar-refractivity contribution in [3.8, 4) is 0 Å². The van der Waals surface area contributed by atoms with Gasteiger partial charge in [-0.2, -0.15) is 0 Å². The van der Waals surface area contributed by atoms with Gasteiger partial charge in [0.25, 0.3) is 0 Å². The van der Waals surface area contributed by atoms with E-state index < -0.39 is 17.9 Å². The molecule has 0 saturated heterocycles. The normalized spacial score (nSPS) is 17.4. The van der Waals surface area contributed by atoms with Gasteiger partial charge in [-0.05, 0) is 25.5 Å². The molecule has 5 nitrogen and oxygen atoms in total. The molecule has 0 amide bonds. The first-order valence-corrected chi connectivity index (χ1v) is 8.67. The molecule has 2 N–H and O–H groups in total. The van der Waals surface area contributed by atoms with Crippen molar-refractivity contribution < 1.29 is 19.4 Å². The van der Waals surface area contributed by atoms with Crippen LogP contribution < -0.4 is 5.32 Å². The zero-order valence-electron chi connectivity index (χ0n) is 13.5. The third-order valence-electron chi connectivity index (χ3n) is 3.81. The van der Waals surface area contributed by atoms with Crippen LogP contribution in [0.25, 0.3) is 0 Å². The van der Waals surface area contributed by atoms with Crippen LogP contribution in [0.3, 0.4) is 0 Å². The molecule has 1 atom stereocenters. The number of carboxylic acids is 1. The van der Waals surface area contributed by atoms with Crippen molar-refractivity contribution in [1.29, 1.82) is 0 Å². The quantitative estimate of drug-likeness (QED) is 0.571. The van der Waals surface area contributed by atoms with Crippen molar-refractivity contribution in [1.82, 2.24) is 5.32 Å². The van der Waals surface area contributed by atoms with Crippen LogP contribution in [0.2, 0.25) is 10.0 Å². The number of ether oxygens (including phenoxy) is 1. The van der Waals surface area contributed by atoms with Gasteiger partial charge in [0.2, 0.25) is 0 Å². The molecular weight excluding hydrogens is 389 g/mol. The summed E-state index contributed by atoms with van der Waals surface area (Å²) in [6.45, 7) is 3.31. The first kappa shape index (κ1) is 19.6. The van der Waals surface area contributed by atoms with E-state index in [1.807, 2.05) is 0 Å². The predicted molar refractivity (Wildman–Crippen MR) is 97.1 cm³/mol. The highest BCUT2D eigenvalue weighted by molar-refractivity contribution is 6.42. The lowest BCUT2D eigenvalue weighted by molar-refractivity contribution is -0.138. The third kappa shape index (κ3) is 3.94. The Morgan fingerprint density at radius 1 is 1.20 bits per heavy atom. The van der Waals surface area contributed by atoms with Gasteiger partial charge in [-0.25, -0.2) is 9.59 Å². The number of dihydropyridines is 1. The van der Waals surface area contributed by atoms with Gasteiger partial charge in [-0.15, -0.1) is 11.6 Å². The summed E-state index contributed by atoms with van der Waals surface area (Å²) >= 11 is 18.0. The highest BCUT2D eigenvalue weighted by atomic mass is 35.5. The summed E-state index contributed by atoms with van der Waals surface area (Å²) in [5, 5.41) is 13.1. The van der Waals surface area contributed by atoms with Gasteiger partial charge in [0.05, 0.1) is 33.0 Å². The number of alkyl halides is 1. The maximum Gasteiger partial charge on any atom is 0.336 e. The molecule has 1 aromatic rings. The Balaban J connectivity index is 2.67. The highest BCUT2D eigenvalue weighted by Crippen LogP contribution is 2.43. The first-order chi connectivity index (χ1) is 11.8. The number of hydrogen-bond acceptors (Lipinski definition) is 4. The number of benzene rings is 1. The molecular formula is C17H16Cl3NO4. The van der Waals surface area contributed by atoms with Crippen LogP contribution in [0.1, 0.15) is 25.3 Å². The van der Waals surface area contributed by atoms with Crippen LogP contribution in [0.5, 0.6) is 0 Å². The first-order valence-electron chi connectivity index (χ1n) is 7.38. The molecule has 0 aliphatic carbocycles. The van der Waals surface area contributed by atoms with E-state index in [0.717, 1.165) is 0 Å². The summed E-state index contributed by atoms with van der Waals surface area (Å²) in [4.78, 5) is 24.4. The number of carboxylic acid groups (broad SMARTS) is 1. The standard InChI is InChI=1S/C17H16Cl3NO4/c1-8-12(16(22)23)14(10-4-3-5-11(19)15(10)20)13(9(2)21-8)17(24)25-7-6-18/h3-5,14,21H,6-7H2,1-2H3,(H,22,23). The Hall–Kier alpha value is -1.69. The van der Waals surface area contributed by atoms with E-state index in [1.54, 1.807) is 32.0 Å². The van der Waals surface area contributed by atoms with E-state index in [4.69, 9.17) is 39.5 Å².